The number of carbonyl (C=O) groups is 1. The van der Waals surface area contributed by atoms with Gasteiger partial charge in [0.15, 0.2) is 0 Å². The van der Waals surface area contributed by atoms with Gasteiger partial charge in [-0.15, -0.1) is 5.10 Å². The SMILES string of the molecule is O=C(c1cnc2ccc(-c3ccn4nc(N[C@H]5C[C@@H](O)C5)ncc34)cn12)N1CCCC1. The van der Waals surface area contributed by atoms with Crippen LogP contribution in [0.15, 0.2) is 43.0 Å². The summed E-state index contributed by atoms with van der Waals surface area (Å²) >= 11 is 0. The first-order valence-electron chi connectivity index (χ1n) is 10.7. The third-order valence-corrected chi connectivity index (χ3v) is 6.29. The molecule has 31 heavy (non-hydrogen) atoms. The number of anilines is 1. The van der Waals surface area contributed by atoms with E-state index in [-0.39, 0.29) is 18.1 Å². The molecule has 5 heterocycles. The van der Waals surface area contributed by atoms with E-state index in [4.69, 9.17) is 0 Å². The van der Waals surface area contributed by atoms with E-state index in [0.717, 1.165) is 61.1 Å². The number of nitrogens with one attached hydrogen (secondary N) is 1. The maximum absolute atomic E-state index is 12.9. The predicted molar refractivity (Wildman–Crippen MR) is 115 cm³/mol. The maximum atomic E-state index is 12.9. The fourth-order valence-electron chi connectivity index (χ4n) is 4.48. The van der Waals surface area contributed by atoms with E-state index in [9.17, 15) is 9.90 Å². The zero-order valence-electron chi connectivity index (χ0n) is 17.0. The van der Waals surface area contributed by atoms with Gasteiger partial charge >= 0.3 is 0 Å². The van der Waals surface area contributed by atoms with Gasteiger partial charge in [-0.25, -0.2) is 14.5 Å². The van der Waals surface area contributed by atoms with Gasteiger partial charge in [0, 0.05) is 42.7 Å². The van der Waals surface area contributed by atoms with E-state index in [1.807, 2.05) is 39.9 Å². The summed E-state index contributed by atoms with van der Waals surface area (Å²) in [6, 6.07) is 6.15. The number of amides is 1. The molecule has 4 aromatic heterocycles. The summed E-state index contributed by atoms with van der Waals surface area (Å²) in [5.74, 6) is 0.583. The number of hydrogen-bond acceptors (Lipinski definition) is 6. The normalized spacial score (nSPS) is 21.0. The quantitative estimate of drug-likeness (QED) is 0.528. The highest BCUT2D eigenvalue weighted by Gasteiger charge is 2.27. The number of likely N-dealkylation sites (tertiary alicyclic amines) is 1. The summed E-state index contributed by atoms with van der Waals surface area (Å²) in [5.41, 5.74) is 4.18. The van der Waals surface area contributed by atoms with Crippen molar-refractivity contribution in [2.75, 3.05) is 18.4 Å². The van der Waals surface area contributed by atoms with Gasteiger partial charge in [0.05, 0.1) is 24.0 Å². The van der Waals surface area contributed by atoms with Crippen LogP contribution >= 0.6 is 0 Å². The van der Waals surface area contributed by atoms with Crippen LogP contribution in [-0.4, -0.2) is 65.1 Å². The Balaban J connectivity index is 1.33. The summed E-state index contributed by atoms with van der Waals surface area (Å²) in [6.07, 6.45) is 10.7. The first-order valence-corrected chi connectivity index (χ1v) is 10.7. The van der Waals surface area contributed by atoms with Crippen LogP contribution in [0.3, 0.4) is 0 Å². The molecule has 9 heteroatoms. The highest BCUT2D eigenvalue weighted by atomic mass is 16.3. The lowest BCUT2D eigenvalue weighted by molar-refractivity contribution is 0.0785. The lowest BCUT2D eigenvalue weighted by Gasteiger charge is -2.31. The minimum absolute atomic E-state index is 0.0315. The molecule has 0 spiro atoms. The van der Waals surface area contributed by atoms with Gasteiger partial charge in [0.2, 0.25) is 5.95 Å². The van der Waals surface area contributed by atoms with Crippen molar-refractivity contribution in [1.29, 1.82) is 0 Å². The Morgan fingerprint density at radius 2 is 1.94 bits per heavy atom. The molecule has 0 unspecified atom stereocenters. The third kappa shape index (κ3) is 3.12. The van der Waals surface area contributed by atoms with Crippen LogP contribution in [0, 0.1) is 0 Å². The molecule has 1 aliphatic carbocycles. The number of nitrogens with zero attached hydrogens (tertiary/aromatic N) is 6. The van der Waals surface area contributed by atoms with Crippen molar-refractivity contribution in [3.8, 4) is 11.1 Å². The molecule has 1 amide bonds. The van der Waals surface area contributed by atoms with Crippen molar-refractivity contribution in [2.24, 2.45) is 0 Å². The Morgan fingerprint density at radius 3 is 2.74 bits per heavy atom. The Hall–Kier alpha value is -3.46. The van der Waals surface area contributed by atoms with Gasteiger partial charge in [-0.05, 0) is 43.9 Å². The summed E-state index contributed by atoms with van der Waals surface area (Å²) < 4.78 is 3.67. The number of rotatable bonds is 4. The largest absolute Gasteiger partial charge is 0.393 e. The average molecular weight is 417 g/mol. The van der Waals surface area contributed by atoms with E-state index in [1.165, 1.54) is 0 Å². The second-order valence-corrected chi connectivity index (χ2v) is 8.40. The smallest absolute Gasteiger partial charge is 0.272 e. The molecule has 2 fully saturated rings. The minimum atomic E-state index is -0.222. The van der Waals surface area contributed by atoms with E-state index in [0.29, 0.717) is 11.6 Å². The first kappa shape index (κ1) is 18.3. The van der Waals surface area contributed by atoms with E-state index < -0.39 is 0 Å². The zero-order chi connectivity index (χ0) is 20.9. The molecule has 2 aliphatic rings. The molecule has 1 aliphatic heterocycles. The summed E-state index contributed by atoms with van der Waals surface area (Å²) in [6.45, 7) is 1.62. The van der Waals surface area contributed by atoms with E-state index in [1.54, 1.807) is 16.9 Å². The third-order valence-electron chi connectivity index (χ3n) is 6.29. The molecule has 0 bridgehead atoms. The van der Waals surface area contributed by atoms with E-state index >= 15 is 0 Å². The van der Waals surface area contributed by atoms with Crippen molar-refractivity contribution in [1.82, 2.24) is 28.9 Å². The summed E-state index contributed by atoms with van der Waals surface area (Å²) in [7, 11) is 0. The number of aliphatic hydroxyl groups excluding tert-OH is 1. The lowest BCUT2D eigenvalue weighted by atomic mass is 9.90. The molecule has 1 saturated heterocycles. The van der Waals surface area contributed by atoms with Crippen molar-refractivity contribution < 1.29 is 9.90 Å². The number of aromatic nitrogens is 5. The number of aliphatic hydroxyl groups is 1. The molecular formula is C22H23N7O2. The van der Waals surface area contributed by atoms with Crippen molar-refractivity contribution in [2.45, 2.75) is 37.8 Å². The van der Waals surface area contributed by atoms with Gasteiger partial charge in [-0.3, -0.25) is 9.20 Å². The zero-order valence-corrected chi connectivity index (χ0v) is 17.0. The van der Waals surface area contributed by atoms with Crippen LogP contribution < -0.4 is 5.32 Å². The molecular weight excluding hydrogens is 394 g/mol. The molecule has 6 rings (SSSR count). The minimum Gasteiger partial charge on any atom is -0.393 e. The van der Waals surface area contributed by atoms with Crippen LogP contribution in [-0.2, 0) is 0 Å². The number of hydrogen-bond donors (Lipinski definition) is 2. The highest BCUT2D eigenvalue weighted by molar-refractivity contribution is 5.93. The molecule has 0 aromatic carbocycles. The van der Waals surface area contributed by atoms with E-state index in [2.05, 4.69) is 20.4 Å². The lowest BCUT2D eigenvalue weighted by Crippen LogP contribution is -2.39. The van der Waals surface area contributed by atoms with Crippen molar-refractivity contribution >= 4 is 23.0 Å². The fraction of sp³-hybridized carbons (Fsp3) is 0.364. The molecule has 4 aromatic rings. The fourth-order valence-corrected chi connectivity index (χ4v) is 4.48. The number of carbonyl (C=O) groups excluding carboxylic acids is 1. The Bertz CT molecular complexity index is 1280. The van der Waals surface area contributed by atoms with Gasteiger partial charge in [-0.2, -0.15) is 0 Å². The van der Waals surface area contributed by atoms with Crippen LogP contribution in [0.1, 0.15) is 36.2 Å². The standard InChI is InChI=1S/C22H23N7O2/c30-16-9-15(10-16)25-22-24-11-18-17(5-8-29(18)26-22)14-3-4-20-23-12-19(28(20)13-14)21(31)27-6-1-2-7-27/h3-5,8,11-13,15-16,30H,1-2,6-7,9-10H2,(H,25,26)/t15-,16+. The monoisotopic (exact) mass is 417 g/mol. The average Bonchev–Trinajstić information content (AvgIpc) is 3.50. The number of pyridine rings is 1. The second-order valence-electron chi connectivity index (χ2n) is 8.40. The highest BCUT2D eigenvalue weighted by Crippen LogP contribution is 2.27. The van der Waals surface area contributed by atoms with Gasteiger partial charge in [0.1, 0.15) is 11.3 Å². The topological polar surface area (TPSA) is 100 Å². The molecule has 1 saturated carbocycles. The summed E-state index contributed by atoms with van der Waals surface area (Å²) in [4.78, 5) is 23.7. The van der Waals surface area contributed by atoms with Gasteiger partial charge < -0.3 is 15.3 Å². The van der Waals surface area contributed by atoms with Crippen molar-refractivity contribution in [3.63, 3.8) is 0 Å². The molecule has 158 valence electrons. The Labute approximate surface area is 178 Å². The molecule has 0 radical (unpaired) electrons. The van der Waals surface area contributed by atoms with Crippen molar-refractivity contribution in [3.05, 3.63) is 48.7 Å². The number of fused-ring (bicyclic) bond motifs is 2. The van der Waals surface area contributed by atoms with Gasteiger partial charge in [-0.1, -0.05) is 0 Å². The van der Waals surface area contributed by atoms with Crippen LogP contribution in [0.2, 0.25) is 0 Å². The Morgan fingerprint density at radius 1 is 1.10 bits per heavy atom. The predicted octanol–water partition coefficient (Wildman–Crippen LogP) is 2.22. The van der Waals surface area contributed by atoms with Gasteiger partial charge in [0.25, 0.3) is 5.91 Å². The molecule has 2 N–H and O–H groups in total. The molecule has 9 nitrogen and oxygen atoms in total. The molecule has 0 atom stereocenters. The second kappa shape index (κ2) is 7.05. The maximum Gasteiger partial charge on any atom is 0.272 e. The summed E-state index contributed by atoms with van der Waals surface area (Å²) in [5, 5.41) is 17.3. The van der Waals surface area contributed by atoms with Crippen LogP contribution in [0.25, 0.3) is 22.3 Å². The first-order chi connectivity index (χ1) is 15.2. The Kier molecular flexibility index (Phi) is 4.17. The van der Waals surface area contributed by atoms with Crippen LogP contribution in [0.4, 0.5) is 5.95 Å². The number of imidazole rings is 1. The van der Waals surface area contributed by atoms with Crippen LogP contribution in [0.5, 0.6) is 0 Å².